The van der Waals surface area contributed by atoms with Crippen molar-refractivity contribution < 1.29 is 23.0 Å². The molecule has 1 aromatic rings. The lowest BCUT2D eigenvalue weighted by atomic mass is 9.98. The third-order valence-electron chi connectivity index (χ3n) is 3.69. The van der Waals surface area contributed by atoms with Crippen molar-refractivity contribution in [3.8, 4) is 5.75 Å². The largest absolute Gasteiger partial charge is 0.434 e. The predicted molar refractivity (Wildman–Crippen MR) is 84.5 cm³/mol. The average Bonchev–Trinajstić information content (AvgIpc) is 2.94. The van der Waals surface area contributed by atoms with Gasteiger partial charge in [0.15, 0.2) is 0 Å². The van der Waals surface area contributed by atoms with Crippen LogP contribution in [-0.2, 0) is 4.74 Å². The quantitative estimate of drug-likeness (QED) is 0.791. The molecular formula is C15H21ClF2N2O3. The second-order valence-corrected chi connectivity index (χ2v) is 5.30. The van der Waals surface area contributed by atoms with E-state index in [-0.39, 0.29) is 29.3 Å². The molecule has 5 nitrogen and oxygen atoms in total. The molecule has 0 aliphatic carbocycles. The summed E-state index contributed by atoms with van der Waals surface area (Å²) < 4.78 is 34.3. The van der Waals surface area contributed by atoms with Crippen LogP contribution >= 0.6 is 12.4 Å². The Morgan fingerprint density at radius 1 is 1.43 bits per heavy atom. The monoisotopic (exact) mass is 350 g/mol. The van der Waals surface area contributed by atoms with Crippen molar-refractivity contribution in [2.24, 2.45) is 0 Å². The van der Waals surface area contributed by atoms with E-state index in [1.54, 1.807) is 19.2 Å². The van der Waals surface area contributed by atoms with Gasteiger partial charge in [0.05, 0.1) is 17.7 Å². The zero-order valence-electron chi connectivity index (χ0n) is 12.8. The van der Waals surface area contributed by atoms with Gasteiger partial charge in [-0.2, -0.15) is 8.78 Å². The van der Waals surface area contributed by atoms with Crippen molar-refractivity contribution in [2.45, 2.75) is 25.0 Å². The summed E-state index contributed by atoms with van der Waals surface area (Å²) in [5.74, 6) is -0.574. The molecule has 0 spiro atoms. The van der Waals surface area contributed by atoms with E-state index in [1.807, 2.05) is 0 Å². The van der Waals surface area contributed by atoms with Gasteiger partial charge >= 0.3 is 6.61 Å². The number of nitrogens with one attached hydrogen (secondary N) is 2. The number of amides is 1. The summed E-state index contributed by atoms with van der Waals surface area (Å²) in [6.45, 7) is -1.26. The van der Waals surface area contributed by atoms with Crippen molar-refractivity contribution in [1.82, 2.24) is 10.6 Å². The molecule has 1 aromatic carbocycles. The second-order valence-electron chi connectivity index (χ2n) is 5.30. The van der Waals surface area contributed by atoms with Crippen LogP contribution < -0.4 is 15.4 Å². The first kappa shape index (κ1) is 19.6. The molecule has 1 amide bonds. The van der Waals surface area contributed by atoms with Gasteiger partial charge in [0.2, 0.25) is 0 Å². The van der Waals surface area contributed by atoms with E-state index in [0.717, 1.165) is 19.4 Å². The Labute approximate surface area is 140 Å². The highest BCUT2D eigenvalue weighted by Crippen LogP contribution is 2.22. The maximum atomic E-state index is 12.4. The molecule has 23 heavy (non-hydrogen) atoms. The fourth-order valence-electron chi connectivity index (χ4n) is 2.67. The van der Waals surface area contributed by atoms with Crippen molar-refractivity contribution in [2.75, 3.05) is 26.8 Å². The van der Waals surface area contributed by atoms with E-state index in [1.165, 1.54) is 12.1 Å². The van der Waals surface area contributed by atoms with Crippen LogP contribution in [0.25, 0.3) is 0 Å². The van der Waals surface area contributed by atoms with Gasteiger partial charge in [0, 0.05) is 13.7 Å². The topological polar surface area (TPSA) is 59.6 Å². The summed E-state index contributed by atoms with van der Waals surface area (Å²) in [7, 11) is 1.61. The summed E-state index contributed by atoms with van der Waals surface area (Å²) in [6, 6.07) is 5.95. The zero-order valence-corrected chi connectivity index (χ0v) is 13.6. The molecule has 0 bridgehead atoms. The maximum absolute atomic E-state index is 12.4. The van der Waals surface area contributed by atoms with Gasteiger partial charge in [-0.25, -0.2) is 0 Å². The van der Waals surface area contributed by atoms with Crippen LogP contribution in [-0.4, -0.2) is 44.9 Å². The third kappa shape index (κ3) is 5.30. The highest BCUT2D eigenvalue weighted by molar-refractivity contribution is 5.96. The van der Waals surface area contributed by atoms with Gasteiger partial charge in [-0.3, -0.25) is 4.79 Å². The van der Waals surface area contributed by atoms with Crippen LogP contribution in [0.3, 0.4) is 0 Å². The number of halogens is 3. The number of hydrogen-bond acceptors (Lipinski definition) is 4. The minimum atomic E-state index is -2.97. The Hall–Kier alpha value is -1.44. The SMILES string of the molecule is COCC1(CNC(=O)c2ccccc2OC(F)F)CCCN1.Cl. The molecule has 1 aliphatic heterocycles. The first-order valence-electron chi connectivity index (χ1n) is 7.12. The van der Waals surface area contributed by atoms with Crippen LogP contribution in [0.2, 0.25) is 0 Å². The number of rotatable bonds is 7. The van der Waals surface area contributed by atoms with Crippen LogP contribution in [0.5, 0.6) is 5.75 Å². The van der Waals surface area contributed by atoms with E-state index < -0.39 is 12.5 Å². The second kappa shape index (κ2) is 9.00. The first-order chi connectivity index (χ1) is 10.6. The van der Waals surface area contributed by atoms with Crippen molar-refractivity contribution in [3.05, 3.63) is 29.8 Å². The number of benzene rings is 1. The van der Waals surface area contributed by atoms with E-state index in [0.29, 0.717) is 13.2 Å². The first-order valence-corrected chi connectivity index (χ1v) is 7.12. The summed E-state index contributed by atoms with van der Waals surface area (Å²) in [5.41, 5.74) is -0.212. The molecule has 130 valence electrons. The fraction of sp³-hybridized carbons (Fsp3) is 0.533. The third-order valence-corrected chi connectivity index (χ3v) is 3.69. The highest BCUT2D eigenvalue weighted by atomic mass is 35.5. The molecule has 0 radical (unpaired) electrons. The molecule has 1 heterocycles. The summed E-state index contributed by atoms with van der Waals surface area (Å²) in [4.78, 5) is 12.2. The lowest BCUT2D eigenvalue weighted by molar-refractivity contribution is -0.0501. The molecule has 1 fully saturated rings. The van der Waals surface area contributed by atoms with Gasteiger partial charge < -0.3 is 20.1 Å². The van der Waals surface area contributed by atoms with E-state index in [9.17, 15) is 13.6 Å². The Morgan fingerprint density at radius 3 is 2.78 bits per heavy atom. The number of ether oxygens (including phenoxy) is 2. The molecule has 8 heteroatoms. The number of para-hydroxylation sites is 1. The molecule has 0 saturated carbocycles. The Bertz CT molecular complexity index is 511. The Morgan fingerprint density at radius 2 is 2.17 bits per heavy atom. The van der Waals surface area contributed by atoms with E-state index in [4.69, 9.17) is 4.74 Å². The molecule has 1 saturated heterocycles. The van der Waals surface area contributed by atoms with Crippen LogP contribution in [0, 0.1) is 0 Å². The molecule has 2 N–H and O–H groups in total. The number of alkyl halides is 2. The molecule has 2 rings (SSSR count). The Kier molecular flexibility index (Phi) is 7.67. The average molecular weight is 351 g/mol. The number of carbonyl (C=O) groups excluding carboxylic acids is 1. The maximum Gasteiger partial charge on any atom is 0.387 e. The van der Waals surface area contributed by atoms with Gasteiger partial charge in [-0.1, -0.05) is 12.1 Å². The van der Waals surface area contributed by atoms with E-state index >= 15 is 0 Å². The lowest BCUT2D eigenvalue weighted by Gasteiger charge is -2.29. The molecule has 1 aliphatic rings. The summed E-state index contributed by atoms with van der Waals surface area (Å²) in [5, 5.41) is 6.11. The van der Waals surface area contributed by atoms with Crippen LogP contribution in [0.15, 0.2) is 24.3 Å². The fourth-order valence-corrected chi connectivity index (χ4v) is 2.67. The number of methoxy groups -OCH3 is 1. The van der Waals surface area contributed by atoms with Gasteiger partial charge in [0.25, 0.3) is 5.91 Å². The summed E-state index contributed by atoms with van der Waals surface area (Å²) in [6.07, 6.45) is 1.89. The number of hydrogen-bond donors (Lipinski definition) is 2. The lowest BCUT2D eigenvalue weighted by Crippen LogP contribution is -2.53. The molecule has 1 atom stereocenters. The van der Waals surface area contributed by atoms with E-state index in [2.05, 4.69) is 15.4 Å². The number of carbonyl (C=O) groups is 1. The Balaban J connectivity index is 0.00000264. The minimum absolute atomic E-state index is 0. The van der Waals surface area contributed by atoms with Crippen LogP contribution in [0.4, 0.5) is 8.78 Å². The minimum Gasteiger partial charge on any atom is -0.434 e. The van der Waals surface area contributed by atoms with Gasteiger partial charge in [0.1, 0.15) is 5.75 Å². The summed E-state index contributed by atoms with van der Waals surface area (Å²) >= 11 is 0. The molecule has 0 aromatic heterocycles. The smallest absolute Gasteiger partial charge is 0.387 e. The van der Waals surface area contributed by atoms with Crippen molar-refractivity contribution >= 4 is 18.3 Å². The molecule has 1 unspecified atom stereocenters. The normalized spacial score (nSPS) is 20.2. The van der Waals surface area contributed by atoms with Crippen molar-refractivity contribution in [3.63, 3.8) is 0 Å². The standard InChI is InChI=1S/C15H20F2N2O3.ClH/c1-21-10-15(7-4-8-19-15)9-18-13(20)11-5-2-3-6-12(11)22-14(16)17;/h2-3,5-6,14,19H,4,7-10H2,1H3,(H,18,20);1H. The molecular weight excluding hydrogens is 330 g/mol. The van der Waals surface area contributed by atoms with Gasteiger partial charge in [-0.05, 0) is 31.5 Å². The van der Waals surface area contributed by atoms with Crippen LogP contribution in [0.1, 0.15) is 23.2 Å². The van der Waals surface area contributed by atoms with Crippen molar-refractivity contribution in [1.29, 1.82) is 0 Å². The zero-order chi connectivity index (χ0) is 16.0. The van der Waals surface area contributed by atoms with Gasteiger partial charge in [-0.15, -0.1) is 12.4 Å². The highest BCUT2D eigenvalue weighted by Gasteiger charge is 2.34. The predicted octanol–water partition coefficient (Wildman–Crippen LogP) is 2.21.